The van der Waals surface area contributed by atoms with Gasteiger partial charge in [0.1, 0.15) is 28.0 Å². The van der Waals surface area contributed by atoms with Gasteiger partial charge >= 0.3 is 5.97 Å². The predicted molar refractivity (Wildman–Crippen MR) is 120 cm³/mol. The molecule has 9 heteroatoms. The van der Waals surface area contributed by atoms with Gasteiger partial charge < -0.3 is 14.8 Å². The minimum absolute atomic E-state index is 0.0841. The summed E-state index contributed by atoms with van der Waals surface area (Å²) >= 11 is 6.14. The van der Waals surface area contributed by atoms with E-state index in [1.54, 1.807) is 24.3 Å². The first-order valence-electron chi connectivity index (χ1n) is 9.65. The molecule has 33 heavy (non-hydrogen) atoms. The van der Waals surface area contributed by atoms with Crippen LogP contribution < -0.4 is 19.7 Å². The van der Waals surface area contributed by atoms with E-state index in [9.17, 15) is 18.8 Å². The van der Waals surface area contributed by atoms with E-state index in [1.165, 1.54) is 55.6 Å². The number of halogens is 2. The highest BCUT2D eigenvalue weighted by molar-refractivity contribution is 6.53. The van der Waals surface area contributed by atoms with Crippen molar-refractivity contribution in [3.8, 4) is 11.5 Å². The highest BCUT2D eigenvalue weighted by Gasteiger charge is 2.39. The number of imide groups is 1. The molecule has 3 aromatic carbocycles. The van der Waals surface area contributed by atoms with Crippen LogP contribution in [-0.4, -0.2) is 24.9 Å². The van der Waals surface area contributed by atoms with Gasteiger partial charge in [0.15, 0.2) is 0 Å². The molecule has 0 saturated carbocycles. The fraction of sp³-hybridized carbons (Fsp3) is 0.0417. The molecule has 0 aliphatic carbocycles. The van der Waals surface area contributed by atoms with E-state index < -0.39 is 23.6 Å². The van der Waals surface area contributed by atoms with Crippen molar-refractivity contribution in [2.24, 2.45) is 0 Å². The van der Waals surface area contributed by atoms with Crippen LogP contribution in [0.3, 0.4) is 0 Å². The van der Waals surface area contributed by atoms with Gasteiger partial charge in [-0.05, 0) is 72.8 Å². The summed E-state index contributed by atoms with van der Waals surface area (Å²) in [5, 5.41) is 2.58. The second-order valence-electron chi connectivity index (χ2n) is 6.88. The number of amides is 2. The molecule has 0 bridgehead atoms. The number of hydrogen-bond donors (Lipinski definition) is 1. The summed E-state index contributed by atoms with van der Waals surface area (Å²) in [5.41, 5.74) is 0.927. The average molecular weight is 467 g/mol. The molecular formula is C24H16ClFN2O5. The zero-order valence-corrected chi connectivity index (χ0v) is 17.9. The van der Waals surface area contributed by atoms with Gasteiger partial charge in [-0.2, -0.15) is 0 Å². The molecule has 1 N–H and O–H groups in total. The lowest BCUT2D eigenvalue weighted by Gasteiger charge is -2.15. The van der Waals surface area contributed by atoms with E-state index >= 15 is 0 Å². The topological polar surface area (TPSA) is 84.9 Å². The molecule has 0 spiro atoms. The molecule has 0 fully saturated rings. The zero-order chi connectivity index (χ0) is 23.5. The van der Waals surface area contributed by atoms with Crippen LogP contribution in [0.2, 0.25) is 0 Å². The number of anilines is 2. The average Bonchev–Trinajstić information content (AvgIpc) is 3.04. The maximum Gasteiger partial charge on any atom is 0.343 e. The standard InChI is InChI=1S/C24H16ClFN2O5/c1-32-18-12-8-17(9-13-18)28-22(29)20(25)21(23(28)30)27-16-6-2-14(3-7-16)24(31)33-19-10-4-15(26)5-11-19/h2-13,27H,1H3. The summed E-state index contributed by atoms with van der Waals surface area (Å²) < 4.78 is 23.2. The zero-order valence-electron chi connectivity index (χ0n) is 17.2. The Hall–Kier alpha value is -4.17. The maximum absolute atomic E-state index is 13.0. The van der Waals surface area contributed by atoms with E-state index in [0.29, 0.717) is 17.1 Å². The molecule has 3 aromatic rings. The molecular weight excluding hydrogens is 451 g/mol. The minimum atomic E-state index is -0.658. The third kappa shape index (κ3) is 4.56. The van der Waals surface area contributed by atoms with Gasteiger partial charge in [-0.15, -0.1) is 0 Å². The molecule has 0 radical (unpaired) electrons. The van der Waals surface area contributed by atoms with Crippen LogP contribution in [-0.2, 0) is 9.59 Å². The largest absolute Gasteiger partial charge is 0.497 e. The lowest BCUT2D eigenvalue weighted by atomic mass is 10.2. The lowest BCUT2D eigenvalue weighted by molar-refractivity contribution is -0.120. The van der Waals surface area contributed by atoms with Gasteiger partial charge in [0.2, 0.25) is 0 Å². The Labute approximate surface area is 193 Å². The molecule has 1 heterocycles. The number of carbonyl (C=O) groups is 3. The Morgan fingerprint density at radius 2 is 1.48 bits per heavy atom. The first-order valence-corrected chi connectivity index (χ1v) is 10.0. The van der Waals surface area contributed by atoms with Crippen molar-refractivity contribution in [1.29, 1.82) is 0 Å². The number of esters is 1. The fourth-order valence-electron chi connectivity index (χ4n) is 3.08. The van der Waals surface area contributed by atoms with Crippen molar-refractivity contribution < 1.29 is 28.2 Å². The lowest BCUT2D eigenvalue weighted by Crippen LogP contribution is -2.32. The van der Waals surface area contributed by atoms with E-state index in [4.69, 9.17) is 21.1 Å². The van der Waals surface area contributed by atoms with Crippen molar-refractivity contribution >= 4 is 40.8 Å². The Kier molecular flexibility index (Phi) is 6.10. The molecule has 0 unspecified atom stereocenters. The molecule has 166 valence electrons. The molecule has 2 amide bonds. The van der Waals surface area contributed by atoms with Crippen molar-refractivity contribution in [2.75, 3.05) is 17.3 Å². The maximum atomic E-state index is 13.0. The Morgan fingerprint density at radius 1 is 0.879 bits per heavy atom. The van der Waals surface area contributed by atoms with Gasteiger partial charge in [0.05, 0.1) is 18.4 Å². The van der Waals surface area contributed by atoms with Crippen molar-refractivity contribution in [1.82, 2.24) is 0 Å². The van der Waals surface area contributed by atoms with Crippen molar-refractivity contribution in [3.63, 3.8) is 0 Å². The monoisotopic (exact) mass is 466 g/mol. The number of ether oxygens (including phenoxy) is 2. The molecule has 1 aliphatic heterocycles. The van der Waals surface area contributed by atoms with Crippen molar-refractivity contribution in [3.05, 3.63) is 94.9 Å². The van der Waals surface area contributed by atoms with Crippen LogP contribution in [0, 0.1) is 5.82 Å². The number of methoxy groups -OCH3 is 1. The van der Waals surface area contributed by atoms with Crippen LogP contribution >= 0.6 is 11.6 Å². The summed E-state index contributed by atoms with van der Waals surface area (Å²) in [7, 11) is 1.51. The van der Waals surface area contributed by atoms with E-state index in [-0.39, 0.29) is 22.0 Å². The summed E-state index contributed by atoms with van der Waals surface area (Å²) in [6.07, 6.45) is 0. The van der Waals surface area contributed by atoms with Crippen LogP contribution in [0.25, 0.3) is 0 Å². The number of carbonyl (C=O) groups excluding carboxylic acids is 3. The summed E-state index contributed by atoms with van der Waals surface area (Å²) in [4.78, 5) is 38.6. The number of nitrogens with zero attached hydrogens (tertiary/aromatic N) is 1. The van der Waals surface area contributed by atoms with Gasteiger partial charge in [0.25, 0.3) is 11.8 Å². The van der Waals surface area contributed by atoms with Crippen LogP contribution in [0.15, 0.2) is 83.5 Å². The quantitative estimate of drug-likeness (QED) is 0.327. The minimum Gasteiger partial charge on any atom is -0.497 e. The number of hydrogen-bond acceptors (Lipinski definition) is 6. The molecule has 0 aromatic heterocycles. The molecule has 0 saturated heterocycles. The smallest absolute Gasteiger partial charge is 0.343 e. The highest BCUT2D eigenvalue weighted by Crippen LogP contribution is 2.31. The second-order valence-corrected chi connectivity index (χ2v) is 7.26. The summed E-state index contributed by atoms with van der Waals surface area (Å²) in [6, 6.07) is 17.5. The van der Waals surface area contributed by atoms with Gasteiger partial charge in [-0.3, -0.25) is 9.59 Å². The SMILES string of the molecule is COc1ccc(N2C(=O)C(Cl)=C(Nc3ccc(C(=O)Oc4ccc(F)cc4)cc3)C2=O)cc1. The Balaban J connectivity index is 1.46. The van der Waals surface area contributed by atoms with Crippen LogP contribution in [0.5, 0.6) is 11.5 Å². The molecule has 7 nitrogen and oxygen atoms in total. The normalized spacial score (nSPS) is 13.4. The van der Waals surface area contributed by atoms with Gasteiger partial charge in [0, 0.05) is 5.69 Å². The first kappa shape index (κ1) is 22.0. The number of nitrogens with one attached hydrogen (secondary N) is 1. The van der Waals surface area contributed by atoms with E-state index in [1.807, 2.05) is 0 Å². The third-order valence-electron chi connectivity index (χ3n) is 4.77. The Bertz CT molecular complexity index is 1260. The van der Waals surface area contributed by atoms with E-state index in [0.717, 1.165) is 4.90 Å². The van der Waals surface area contributed by atoms with Crippen LogP contribution in [0.1, 0.15) is 10.4 Å². The predicted octanol–water partition coefficient (Wildman–Crippen LogP) is 4.49. The highest BCUT2D eigenvalue weighted by atomic mass is 35.5. The summed E-state index contributed by atoms with van der Waals surface area (Å²) in [5.74, 6) is -1.57. The summed E-state index contributed by atoms with van der Waals surface area (Å²) in [6.45, 7) is 0. The fourth-order valence-corrected chi connectivity index (χ4v) is 3.29. The Morgan fingerprint density at radius 3 is 2.09 bits per heavy atom. The second kappa shape index (κ2) is 9.13. The number of rotatable bonds is 6. The van der Waals surface area contributed by atoms with Crippen molar-refractivity contribution in [2.45, 2.75) is 0 Å². The molecule has 4 rings (SSSR count). The van der Waals surface area contributed by atoms with Crippen LogP contribution in [0.4, 0.5) is 15.8 Å². The van der Waals surface area contributed by atoms with Gasteiger partial charge in [-0.25, -0.2) is 14.1 Å². The van der Waals surface area contributed by atoms with Gasteiger partial charge in [-0.1, -0.05) is 11.6 Å². The molecule has 1 aliphatic rings. The number of benzene rings is 3. The van der Waals surface area contributed by atoms with E-state index in [2.05, 4.69) is 5.32 Å². The molecule has 0 atom stereocenters. The first-order chi connectivity index (χ1) is 15.9. The third-order valence-corrected chi connectivity index (χ3v) is 5.12.